The first-order chi connectivity index (χ1) is 12.1. The van der Waals surface area contributed by atoms with E-state index < -0.39 is 0 Å². The molecule has 1 amide bonds. The molecule has 6 nitrogen and oxygen atoms in total. The second-order valence-corrected chi connectivity index (χ2v) is 6.62. The predicted molar refractivity (Wildman–Crippen MR) is 98.5 cm³/mol. The Kier molecular flexibility index (Phi) is 5.48. The van der Waals surface area contributed by atoms with E-state index in [0.29, 0.717) is 18.5 Å². The number of nitrogens with zero attached hydrogens (tertiary/aromatic N) is 3. The number of hydrogen-bond donors (Lipinski definition) is 1. The predicted octanol–water partition coefficient (Wildman–Crippen LogP) is 1.93. The van der Waals surface area contributed by atoms with Crippen molar-refractivity contribution in [1.82, 2.24) is 19.8 Å². The molecule has 0 unspecified atom stereocenters. The minimum Gasteiger partial charge on any atom is -0.340 e. The van der Waals surface area contributed by atoms with Gasteiger partial charge < -0.3 is 9.88 Å². The summed E-state index contributed by atoms with van der Waals surface area (Å²) in [6.07, 6.45) is 2.18. The van der Waals surface area contributed by atoms with Crippen molar-refractivity contribution >= 4 is 16.9 Å². The number of benzene rings is 1. The van der Waals surface area contributed by atoms with E-state index in [4.69, 9.17) is 0 Å². The van der Waals surface area contributed by atoms with E-state index in [-0.39, 0.29) is 11.5 Å². The fourth-order valence-corrected chi connectivity index (χ4v) is 3.29. The number of aromatic amines is 1. The number of amides is 1. The van der Waals surface area contributed by atoms with Crippen LogP contribution < -0.4 is 5.56 Å². The molecule has 0 aliphatic carbocycles. The number of rotatable bonds is 5. The molecule has 25 heavy (non-hydrogen) atoms. The van der Waals surface area contributed by atoms with Crippen LogP contribution in [0.1, 0.15) is 37.9 Å². The number of nitrogens with one attached hydrogen (secondary N) is 1. The zero-order valence-corrected chi connectivity index (χ0v) is 15.0. The zero-order chi connectivity index (χ0) is 17.8. The number of hydrogen-bond acceptors (Lipinski definition) is 4. The highest BCUT2D eigenvalue weighted by molar-refractivity contribution is 5.76. The maximum absolute atomic E-state index is 12.0. The minimum absolute atomic E-state index is 0.102. The van der Waals surface area contributed by atoms with E-state index >= 15 is 0 Å². The molecule has 0 bridgehead atoms. The van der Waals surface area contributed by atoms with Crippen molar-refractivity contribution in [3.8, 4) is 0 Å². The van der Waals surface area contributed by atoms with Crippen molar-refractivity contribution in [2.75, 3.05) is 26.2 Å². The molecule has 6 heteroatoms. The Morgan fingerprint density at radius 1 is 1.20 bits per heavy atom. The van der Waals surface area contributed by atoms with Crippen molar-refractivity contribution < 1.29 is 4.79 Å². The van der Waals surface area contributed by atoms with E-state index in [1.807, 2.05) is 30.9 Å². The van der Waals surface area contributed by atoms with Gasteiger partial charge in [0.1, 0.15) is 5.69 Å². The zero-order valence-electron chi connectivity index (χ0n) is 15.0. The molecule has 134 valence electrons. The van der Waals surface area contributed by atoms with Crippen molar-refractivity contribution in [2.24, 2.45) is 0 Å². The SMILES string of the molecule is CCCC(=O)N1CCN(Cc2ccc3nc(CC)c(=O)[nH]c3c2)CC1. The summed E-state index contributed by atoms with van der Waals surface area (Å²) >= 11 is 0. The molecule has 1 N–H and O–H groups in total. The van der Waals surface area contributed by atoms with Crippen LogP contribution in [0, 0.1) is 0 Å². The summed E-state index contributed by atoms with van der Waals surface area (Å²) in [6, 6.07) is 6.06. The molecule has 2 heterocycles. The van der Waals surface area contributed by atoms with Gasteiger partial charge >= 0.3 is 0 Å². The van der Waals surface area contributed by atoms with Gasteiger partial charge in [0.15, 0.2) is 0 Å². The Hall–Kier alpha value is -2.21. The molecule has 0 radical (unpaired) electrons. The topological polar surface area (TPSA) is 69.3 Å². The summed E-state index contributed by atoms with van der Waals surface area (Å²) in [5, 5.41) is 0. The molecule has 1 aromatic carbocycles. The molecule has 1 saturated heterocycles. The van der Waals surface area contributed by atoms with Gasteiger partial charge in [-0.1, -0.05) is 19.9 Å². The Morgan fingerprint density at radius 2 is 1.96 bits per heavy atom. The number of aryl methyl sites for hydroxylation is 1. The highest BCUT2D eigenvalue weighted by Gasteiger charge is 2.20. The minimum atomic E-state index is -0.102. The molecule has 0 spiro atoms. The molecule has 1 aliphatic heterocycles. The molecule has 0 atom stereocenters. The van der Waals surface area contributed by atoms with Crippen LogP contribution in [0.25, 0.3) is 11.0 Å². The van der Waals surface area contributed by atoms with Gasteiger partial charge in [-0.05, 0) is 30.5 Å². The van der Waals surface area contributed by atoms with Gasteiger partial charge in [0.2, 0.25) is 5.91 Å². The number of carbonyl (C=O) groups is 1. The quantitative estimate of drug-likeness (QED) is 0.901. The Morgan fingerprint density at radius 3 is 2.64 bits per heavy atom. The van der Waals surface area contributed by atoms with Gasteiger partial charge in [-0.15, -0.1) is 0 Å². The van der Waals surface area contributed by atoms with Crippen molar-refractivity contribution in [3.05, 3.63) is 39.8 Å². The Labute approximate surface area is 147 Å². The van der Waals surface area contributed by atoms with Gasteiger partial charge in [-0.2, -0.15) is 0 Å². The van der Waals surface area contributed by atoms with Crippen LogP contribution >= 0.6 is 0 Å². The molecule has 3 rings (SSSR count). The smallest absolute Gasteiger partial charge is 0.270 e. The van der Waals surface area contributed by atoms with E-state index in [1.165, 1.54) is 0 Å². The third-order valence-electron chi connectivity index (χ3n) is 4.76. The standard InChI is InChI=1S/C19H26N4O2/c1-3-5-18(24)23-10-8-22(9-11-23)13-14-6-7-16-17(12-14)21-19(25)15(4-2)20-16/h6-7,12H,3-5,8-11,13H2,1-2H3,(H,21,25). The van der Waals surface area contributed by atoms with Gasteiger partial charge in [-0.25, -0.2) is 4.98 Å². The largest absolute Gasteiger partial charge is 0.340 e. The average molecular weight is 342 g/mol. The van der Waals surface area contributed by atoms with Crippen molar-refractivity contribution in [1.29, 1.82) is 0 Å². The number of fused-ring (bicyclic) bond motifs is 1. The molecular formula is C19H26N4O2. The normalized spacial score (nSPS) is 15.7. The molecule has 2 aromatic rings. The second kappa shape index (κ2) is 7.78. The lowest BCUT2D eigenvalue weighted by atomic mass is 10.1. The van der Waals surface area contributed by atoms with Crippen molar-refractivity contribution in [2.45, 2.75) is 39.7 Å². The van der Waals surface area contributed by atoms with Crippen LogP contribution in [-0.4, -0.2) is 51.9 Å². The maximum atomic E-state index is 12.0. The summed E-state index contributed by atoms with van der Waals surface area (Å²) in [5.74, 6) is 0.267. The van der Waals surface area contributed by atoms with Gasteiger partial charge in [0, 0.05) is 39.1 Å². The van der Waals surface area contributed by atoms with E-state index in [2.05, 4.69) is 20.9 Å². The molecule has 1 aromatic heterocycles. The van der Waals surface area contributed by atoms with E-state index in [1.54, 1.807) is 0 Å². The maximum Gasteiger partial charge on any atom is 0.270 e. The molecule has 0 saturated carbocycles. The lowest BCUT2D eigenvalue weighted by molar-refractivity contribution is -0.133. The van der Waals surface area contributed by atoms with Crippen molar-refractivity contribution in [3.63, 3.8) is 0 Å². The highest BCUT2D eigenvalue weighted by atomic mass is 16.2. The second-order valence-electron chi connectivity index (χ2n) is 6.62. The van der Waals surface area contributed by atoms with E-state index in [9.17, 15) is 9.59 Å². The van der Waals surface area contributed by atoms with Crippen LogP contribution in [0.3, 0.4) is 0 Å². The first-order valence-corrected chi connectivity index (χ1v) is 9.12. The molecule has 1 fully saturated rings. The lowest BCUT2D eigenvalue weighted by Gasteiger charge is -2.34. The van der Waals surface area contributed by atoms with Gasteiger partial charge in [0.25, 0.3) is 5.56 Å². The first-order valence-electron chi connectivity index (χ1n) is 9.12. The number of H-pyrrole nitrogens is 1. The fraction of sp³-hybridized carbons (Fsp3) is 0.526. The van der Waals surface area contributed by atoms with E-state index in [0.717, 1.165) is 55.7 Å². The first kappa shape index (κ1) is 17.6. The summed E-state index contributed by atoms with van der Waals surface area (Å²) in [5.41, 5.74) is 3.25. The molecule has 1 aliphatic rings. The number of carbonyl (C=O) groups excluding carboxylic acids is 1. The average Bonchev–Trinajstić information content (AvgIpc) is 2.62. The summed E-state index contributed by atoms with van der Waals surface area (Å²) in [6.45, 7) is 8.16. The van der Waals surface area contributed by atoms with Crippen LogP contribution in [0.15, 0.2) is 23.0 Å². The Balaban J connectivity index is 1.66. The van der Waals surface area contributed by atoms with Gasteiger partial charge in [-0.3, -0.25) is 14.5 Å². The van der Waals surface area contributed by atoms with Crippen LogP contribution in [0.5, 0.6) is 0 Å². The lowest BCUT2D eigenvalue weighted by Crippen LogP contribution is -2.48. The highest BCUT2D eigenvalue weighted by Crippen LogP contribution is 2.14. The third kappa shape index (κ3) is 4.07. The summed E-state index contributed by atoms with van der Waals surface area (Å²) in [4.78, 5) is 35.6. The van der Waals surface area contributed by atoms with Crippen LogP contribution in [-0.2, 0) is 17.8 Å². The summed E-state index contributed by atoms with van der Waals surface area (Å²) < 4.78 is 0. The van der Waals surface area contributed by atoms with Crippen LogP contribution in [0.2, 0.25) is 0 Å². The molecular weight excluding hydrogens is 316 g/mol. The summed E-state index contributed by atoms with van der Waals surface area (Å²) in [7, 11) is 0. The van der Waals surface area contributed by atoms with Crippen LogP contribution in [0.4, 0.5) is 0 Å². The number of piperazine rings is 1. The fourth-order valence-electron chi connectivity index (χ4n) is 3.29. The Bertz CT molecular complexity index is 807. The third-order valence-corrected chi connectivity index (χ3v) is 4.76. The monoisotopic (exact) mass is 342 g/mol. The number of aromatic nitrogens is 2. The van der Waals surface area contributed by atoms with Gasteiger partial charge in [0.05, 0.1) is 11.0 Å².